The Labute approximate surface area is 83.5 Å². The fraction of sp³-hybridized carbons (Fsp3) is 1.00. The standard InChI is InChI=1S/C11H26N2/c1-10(2)6-9-13(5)11(3,4)7-8-12/h10H,6-9,12H2,1-5H3. The molecule has 0 bridgehead atoms. The minimum Gasteiger partial charge on any atom is -0.330 e. The molecule has 0 aliphatic heterocycles. The van der Waals surface area contributed by atoms with Gasteiger partial charge in [0.2, 0.25) is 0 Å². The molecule has 0 radical (unpaired) electrons. The van der Waals surface area contributed by atoms with E-state index in [1.807, 2.05) is 0 Å². The lowest BCUT2D eigenvalue weighted by Gasteiger charge is -2.35. The van der Waals surface area contributed by atoms with Crippen molar-refractivity contribution in [3.8, 4) is 0 Å². The van der Waals surface area contributed by atoms with Gasteiger partial charge in [0, 0.05) is 5.54 Å². The molecule has 0 aromatic rings. The molecule has 0 aromatic carbocycles. The van der Waals surface area contributed by atoms with Gasteiger partial charge >= 0.3 is 0 Å². The quantitative estimate of drug-likeness (QED) is 0.688. The highest BCUT2D eigenvalue weighted by molar-refractivity contribution is 4.79. The molecule has 13 heavy (non-hydrogen) atoms. The van der Waals surface area contributed by atoms with Gasteiger partial charge < -0.3 is 10.6 Å². The van der Waals surface area contributed by atoms with Gasteiger partial charge in [0.05, 0.1) is 0 Å². The predicted octanol–water partition coefficient (Wildman–Crippen LogP) is 2.09. The Hall–Kier alpha value is -0.0800. The van der Waals surface area contributed by atoms with Gasteiger partial charge in [-0.3, -0.25) is 0 Å². The first kappa shape index (κ1) is 12.9. The van der Waals surface area contributed by atoms with Crippen LogP contribution in [0.2, 0.25) is 0 Å². The van der Waals surface area contributed by atoms with E-state index in [9.17, 15) is 0 Å². The molecule has 0 heterocycles. The van der Waals surface area contributed by atoms with Crippen LogP contribution in [0.5, 0.6) is 0 Å². The Balaban J connectivity index is 3.86. The fourth-order valence-electron chi connectivity index (χ4n) is 1.30. The molecule has 2 nitrogen and oxygen atoms in total. The van der Waals surface area contributed by atoms with Crippen LogP contribution in [0, 0.1) is 5.92 Å². The molecule has 0 amide bonds. The van der Waals surface area contributed by atoms with Crippen molar-refractivity contribution in [1.29, 1.82) is 0 Å². The summed E-state index contributed by atoms with van der Waals surface area (Å²) in [7, 11) is 2.19. The van der Waals surface area contributed by atoms with E-state index in [1.165, 1.54) is 13.0 Å². The van der Waals surface area contributed by atoms with E-state index in [2.05, 4.69) is 39.6 Å². The van der Waals surface area contributed by atoms with Crippen LogP contribution < -0.4 is 5.73 Å². The minimum absolute atomic E-state index is 0.254. The minimum atomic E-state index is 0.254. The second-order valence-corrected chi connectivity index (χ2v) is 4.96. The summed E-state index contributed by atoms with van der Waals surface area (Å²) in [6.07, 6.45) is 2.34. The normalized spacial score (nSPS) is 12.9. The first-order chi connectivity index (χ1) is 5.90. The van der Waals surface area contributed by atoms with E-state index in [4.69, 9.17) is 5.73 Å². The van der Waals surface area contributed by atoms with Crippen LogP contribution in [-0.2, 0) is 0 Å². The molecular weight excluding hydrogens is 160 g/mol. The smallest absolute Gasteiger partial charge is 0.0162 e. The highest BCUT2D eigenvalue weighted by Crippen LogP contribution is 2.17. The lowest BCUT2D eigenvalue weighted by atomic mass is 9.98. The van der Waals surface area contributed by atoms with Crippen LogP contribution in [0.15, 0.2) is 0 Å². The molecule has 2 N–H and O–H groups in total. The van der Waals surface area contributed by atoms with Gasteiger partial charge in [0.1, 0.15) is 0 Å². The summed E-state index contributed by atoms with van der Waals surface area (Å²) in [6, 6.07) is 0. The first-order valence-corrected chi connectivity index (χ1v) is 5.31. The molecule has 80 valence electrons. The Morgan fingerprint density at radius 2 is 1.85 bits per heavy atom. The zero-order chi connectivity index (χ0) is 10.5. The second kappa shape index (κ2) is 5.61. The second-order valence-electron chi connectivity index (χ2n) is 4.96. The van der Waals surface area contributed by atoms with Crippen molar-refractivity contribution >= 4 is 0 Å². The largest absolute Gasteiger partial charge is 0.330 e. The third kappa shape index (κ3) is 5.27. The van der Waals surface area contributed by atoms with Crippen molar-refractivity contribution in [3.05, 3.63) is 0 Å². The van der Waals surface area contributed by atoms with Crippen LogP contribution in [0.3, 0.4) is 0 Å². The molecule has 0 fully saturated rings. The topological polar surface area (TPSA) is 29.3 Å². The van der Waals surface area contributed by atoms with Gasteiger partial charge in [0.15, 0.2) is 0 Å². The van der Waals surface area contributed by atoms with Gasteiger partial charge in [-0.05, 0) is 52.7 Å². The van der Waals surface area contributed by atoms with E-state index in [1.54, 1.807) is 0 Å². The molecule has 0 aromatic heterocycles. The molecule has 0 rings (SSSR count). The summed E-state index contributed by atoms with van der Waals surface area (Å²) >= 11 is 0. The summed E-state index contributed by atoms with van der Waals surface area (Å²) in [6.45, 7) is 11.0. The van der Waals surface area contributed by atoms with E-state index in [-0.39, 0.29) is 5.54 Å². The average Bonchev–Trinajstić information content (AvgIpc) is 1.99. The highest BCUT2D eigenvalue weighted by Gasteiger charge is 2.21. The lowest BCUT2D eigenvalue weighted by molar-refractivity contribution is 0.141. The maximum atomic E-state index is 5.58. The van der Waals surface area contributed by atoms with Gasteiger partial charge in [-0.2, -0.15) is 0 Å². The lowest BCUT2D eigenvalue weighted by Crippen LogP contribution is -2.43. The van der Waals surface area contributed by atoms with E-state index in [0.29, 0.717) is 0 Å². The molecule has 0 unspecified atom stereocenters. The SMILES string of the molecule is CC(C)CCN(C)C(C)(C)CCN. The number of hydrogen-bond acceptors (Lipinski definition) is 2. The fourth-order valence-corrected chi connectivity index (χ4v) is 1.30. The number of nitrogens with two attached hydrogens (primary N) is 1. The van der Waals surface area contributed by atoms with E-state index in [0.717, 1.165) is 18.9 Å². The third-order valence-corrected chi connectivity index (χ3v) is 2.83. The van der Waals surface area contributed by atoms with Gasteiger partial charge in [0.25, 0.3) is 0 Å². The van der Waals surface area contributed by atoms with Gasteiger partial charge in [-0.1, -0.05) is 13.8 Å². The Bertz CT molecular complexity index is 130. The first-order valence-electron chi connectivity index (χ1n) is 5.31. The summed E-state index contributed by atoms with van der Waals surface area (Å²) in [5, 5.41) is 0. The van der Waals surface area contributed by atoms with Crippen molar-refractivity contribution in [2.24, 2.45) is 11.7 Å². The van der Waals surface area contributed by atoms with Crippen LogP contribution in [0.25, 0.3) is 0 Å². The van der Waals surface area contributed by atoms with Gasteiger partial charge in [-0.25, -0.2) is 0 Å². The van der Waals surface area contributed by atoms with Crippen molar-refractivity contribution in [2.45, 2.75) is 46.1 Å². The third-order valence-electron chi connectivity index (χ3n) is 2.83. The van der Waals surface area contributed by atoms with Crippen LogP contribution in [-0.4, -0.2) is 30.6 Å². The maximum Gasteiger partial charge on any atom is 0.0162 e. The predicted molar refractivity (Wildman–Crippen MR) is 59.8 cm³/mol. The molecule has 0 saturated heterocycles. The average molecular weight is 186 g/mol. The molecule has 0 aliphatic carbocycles. The van der Waals surface area contributed by atoms with Crippen LogP contribution >= 0.6 is 0 Å². The molecule has 0 spiro atoms. The molecule has 0 aliphatic rings. The van der Waals surface area contributed by atoms with Crippen molar-refractivity contribution in [3.63, 3.8) is 0 Å². The maximum absolute atomic E-state index is 5.58. The molecule has 2 heteroatoms. The van der Waals surface area contributed by atoms with Crippen LogP contribution in [0.1, 0.15) is 40.5 Å². The van der Waals surface area contributed by atoms with Crippen molar-refractivity contribution in [1.82, 2.24) is 4.90 Å². The summed E-state index contributed by atoms with van der Waals surface area (Å²) in [4.78, 5) is 2.42. The molecular formula is C11H26N2. The summed E-state index contributed by atoms with van der Waals surface area (Å²) < 4.78 is 0. The zero-order valence-corrected chi connectivity index (χ0v) is 9.93. The van der Waals surface area contributed by atoms with Gasteiger partial charge in [-0.15, -0.1) is 0 Å². The molecule has 0 saturated carbocycles. The monoisotopic (exact) mass is 186 g/mol. The zero-order valence-electron chi connectivity index (χ0n) is 9.93. The highest BCUT2D eigenvalue weighted by atomic mass is 15.2. The van der Waals surface area contributed by atoms with E-state index < -0.39 is 0 Å². The van der Waals surface area contributed by atoms with Crippen LogP contribution in [0.4, 0.5) is 0 Å². The van der Waals surface area contributed by atoms with Crippen molar-refractivity contribution in [2.75, 3.05) is 20.1 Å². The van der Waals surface area contributed by atoms with E-state index >= 15 is 0 Å². The summed E-state index contributed by atoms with van der Waals surface area (Å²) in [5.74, 6) is 0.788. The summed E-state index contributed by atoms with van der Waals surface area (Å²) in [5.41, 5.74) is 5.84. The van der Waals surface area contributed by atoms with Crippen molar-refractivity contribution < 1.29 is 0 Å². The Morgan fingerprint density at radius 1 is 1.31 bits per heavy atom. The Kier molecular flexibility index (Phi) is 5.57. The number of nitrogens with zero attached hydrogens (tertiary/aromatic N) is 1. The number of rotatable bonds is 6. The Morgan fingerprint density at radius 3 is 2.23 bits per heavy atom. The molecule has 0 atom stereocenters. The number of hydrogen-bond donors (Lipinski definition) is 1.